The summed E-state index contributed by atoms with van der Waals surface area (Å²) in [4.78, 5) is 75.9. The number of amides is 4. The van der Waals surface area contributed by atoms with Crippen LogP contribution in [0.5, 0.6) is 5.75 Å². The molecule has 338 valence electrons. The van der Waals surface area contributed by atoms with Gasteiger partial charge in [0.05, 0.1) is 55.8 Å². The van der Waals surface area contributed by atoms with Crippen molar-refractivity contribution in [3.63, 3.8) is 0 Å². The first-order valence-corrected chi connectivity index (χ1v) is 22.8. The van der Waals surface area contributed by atoms with Gasteiger partial charge in [-0.2, -0.15) is 0 Å². The number of fused-ring (bicyclic) bond motifs is 5. The molecule has 0 radical (unpaired) electrons. The highest BCUT2D eigenvalue weighted by molar-refractivity contribution is 5.96. The molecule has 5 aromatic rings. The van der Waals surface area contributed by atoms with Gasteiger partial charge in [-0.25, -0.2) is 19.6 Å². The third kappa shape index (κ3) is 7.95. The number of H-pyrrole nitrogens is 3. The number of ether oxygens (including phenoxy) is 3. The van der Waals surface area contributed by atoms with E-state index >= 15 is 0 Å². The minimum Gasteiger partial charge on any atom is -0.485 e. The summed E-state index contributed by atoms with van der Waals surface area (Å²) < 4.78 is 16.7. The molecule has 1 aliphatic carbocycles. The van der Waals surface area contributed by atoms with Crippen molar-refractivity contribution >= 4 is 34.9 Å². The lowest BCUT2D eigenvalue weighted by Crippen LogP contribution is -2.51. The van der Waals surface area contributed by atoms with Gasteiger partial charge in [-0.15, -0.1) is 0 Å². The van der Waals surface area contributed by atoms with Gasteiger partial charge in [-0.3, -0.25) is 9.59 Å². The van der Waals surface area contributed by atoms with Crippen LogP contribution in [-0.2, 0) is 19.1 Å². The number of likely N-dealkylation sites (tertiary alicyclic amines) is 2. The number of carbonyl (C=O) groups excluding carboxylic acids is 4. The number of imidazole rings is 2. The number of hydrogen-bond donors (Lipinski definition) is 5. The van der Waals surface area contributed by atoms with Crippen LogP contribution in [0.15, 0.2) is 48.8 Å². The molecular formula is C48H59N9O7. The summed E-state index contributed by atoms with van der Waals surface area (Å²) >= 11 is 0. The van der Waals surface area contributed by atoms with Gasteiger partial charge in [0.25, 0.3) is 0 Å². The molecule has 1 saturated carbocycles. The zero-order valence-electron chi connectivity index (χ0n) is 37.5. The third-order valence-corrected chi connectivity index (χ3v) is 13.8. The molecule has 5 atom stereocenters. The third-order valence-electron chi connectivity index (χ3n) is 13.8. The molecule has 16 nitrogen and oxygen atoms in total. The molecule has 3 aromatic heterocycles. The van der Waals surface area contributed by atoms with Crippen molar-refractivity contribution < 1.29 is 33.4 Å². The Morgan fingerprint density at radius 3 is 1.77 bits per heavy atom. The van der Waals surface area contributed by atoms with E-state index in [2.05, 4.69) is 62.0 Å². The van der Waals surface area contributed by atoms with Crippen LogP contribution in [0.1, 0.15) is 114 Å². The van der Waals surface area contributed by atoms with Gasteiger partial charge in [0.2, 0.25) is 11.8 Å². The predicted octanol–water partition coefficient (Wildman–Crippen LogP) is 8.33. The van der Waals surface area contributed by atoms with Crippen molar-refractivity contribution in [3.05, 3.63) is 66.0 Å². The maximum atomic E-state index is 13.8. The summed E-state index contributed by atoms with van der Waals surface area (Å²) in [7, 11) is 2.59. The lowest BCUT2D eigenvalue weighted by atomic mass is 9.87. The summed E-state index contributed by atoms with van der Waals surface area (Å²) in [6.07, 6.45) is 10.00. The Kier molecular flexibility index (Phi) is 11.9. The number of hydrogen-bond acceptors (Lipinski definition) is 9. The molecule has 9 rings (SSSR count). The summed E-state index contributed by atoms with van der Waals surface area (Å²) in [6.45, 7) is 8.80. The Morgan fingerprint density at radius 1 is 0.703 bits per heavy atom. The molecule has 5 N–H and O–H groups in total. The number of rotatable bonds is 11. The fraction of sp³-hybridized carbons (Fsp3) is 0.500. The van der Waals surface area contributed by atoms with Gasteiger partial charge in [-0.1, -0.05) is 52.7 Å². The zero-order chi connectivity index (χ0) is 44.8. The number of nitrogens with one attached hydrogen (secondary N) is 5. The number of alkyl carbamates (subject to hydrolysis) is 2. The van der Waals surface area contributed by atoms with Crippen LogP contribution < -0.4 is 15.4 Å². The van der Waals surface area contributed by atoms with E-state index in [0.717, 1.165) is 94.8 Å². The highest BCUT2D eigenvalue weighted by atomic mass is 16.5. The largest absolute Gasteiger partial charge is 0.485 e. The van der Waals surface area contributed by atoms with Crippen LogP contribution in [0.2, 0.25) is 0 Å². The molecule has 3 fully saturated rings. The fourth-order valence-electron chi connectivity index (χ4n) is 10.4. The smallest absolute Gasteiger partial charge is 0.407 e. The van der Waals surface area contributed by atoms with Gasteiger partial charge >= 0.3 is 12.2 Å². The quantitative estimate of drug-likeness (QED) is 0.0866. The van der Waals surface area contributed by atoms with Crippen molar-refractivity contribution in [2.24, 2.45) is 17.8 Å². The number of benzene rings is 2. The van der Waals surface area contributed by atoms with E-state index in [1.54, 1.807) is 0 Å². The normalized spacial score (nSPS) is 20.6. The monoisotopic (exact) mass is 873 g/mol. The molecule has 0 spiro atoms. The van der Waals surface area contributed by atoms with Crippen LogP contribution in [0.4, 0.5) is 9.59 Å². The Labute approximate surface area is 372 Å². The lowest BCUT2D eigenvalue weighted by Gasteiger charge is -2.31. The minimum atomic E-state index is -0.706. The van der Waals surface area contributed by atoms with E-state index < -0.39 is 24.3 Å². The number of aromatic nitrogens is 5. The highest BCUT2D eigenvalue weighted by Crippen LogP contribution is 2.52. The van der Waals surface area contributed by atoms with Crippen molar-refractivity contribution in [1.29, 1.82) is 0 Å². The van der Waals surface area contributed by atoms with E-state index in [1.807, 2.05) is 49.9 Å². The van der Waals surface area contributed by atoms with Gasteiger partial charge in [0, 0.05) is 52.2 Å². The molecule has 4 aliphatic rings. The predicted molar refractivity (Wildman–Crippen MR) is 240 cm³/mol. The molecule has 64 heavy (non-hydrogen) atoms. The summed E-state index contributed by atoms with van der Waals surface area (Å²) in [5.41, 5.74) is 7.87. The van der Waals surface area contributed by atoms with Gasteiger partial charge in [0.15, 0.2) is 0 Å². The number of aromatic amines is 3. The lowest BCUT2D eigenvalue weighted by molar-refractivity contribution is -0.136. The molecule has 2 saturated heterocycles. The van der Waals surface area contributed by atoms with Crippen molar-refractivity contribution in [2.45, 2.75) is 109 Å². The van der Waals surface area contributed by atoms with E-state index in [-0.39, 0.29) is 41.8 Å². The minimum absolute atomic E-state index is 0.119. The van der Waals surface area contributed by atoms with Gasteiger partial charge < -0.3 is 49.6 Å². The van der Waals surface area contributed by atoms with Crippen LogP contribution in [0.25, 0.3) is 44.7 Å². The molecule has 3 aliphatic heterocycles. The number of carbonyl (C=O) groups is 4. The molecular weight excluding hydrogens is 815 g/mol. The number of nitrogens with zero attached hydrogens (tertiary/aromatic N) is 4. The van der Waals surface area contributed by atoms with Crippen molar-refractivity contribution in [2.75, 3.05) is 27.3 Å². The summed E-state index contributed by atoms with van der Waals surface area (Å²) in [6, 6.07) is 10.8. The van der Waals surface area contributed by atoms with E-state index in [0.29, 0.717) is 24.8 Å². The first-order valence-electron chi connectivity index (χ1n) is 22.8. The van der Waals surface area contributed by atoms with Crippen LogP contribution >= 0.6 is 0 Å². The molecule has 1 unspecified atom stereocenters. The fourth-order valence-corrected chi connectivity index (χ4v) is 10.4. The first kappa shape index (κ1) is 43.0. The Morgan fingerprint density at radius 2 is 1.23 bits per heavy atom. The van der Waals surface area contributed by atoms with Crippen LogP contribution in [-0.4, -0.2) is 98.1 Å². The molecule has 16 heteroatoms. The van der Waals surface area contributed by atoms with Crippen LogP contribution in [0.3, 0.4) is 0 Å². The van der Waals surface area contributed by atoms with Crippen LogP contribution in [0, 0.1) is 17.8 Å². The Hall–Kier alpha value is -6.32. The van der Waals surface area contributed by atoms with E-state index in [9.17, 15) is 19.2 Å². The average Bonchev–Trinajstić information content (AvgIpc) is 4.15. The molecule has 4 amide bonds. The maximum Gasteiger partial charge on any atom is 0.407 e. The average molecular weight is 874 g/mol. The van der Waals surface area contributed by atoms with E-state index in [4.69, 9.17) is 24.2 Å². The van der Waals surface area contributed by atoms with Crippen molar-refractivity contribution in [3.8, 4) is 39.5 Å². The topological polar surface area (TPSA) is 200 Å². The summed E-state index contributed by atoms with van der Waals surface area (Å²) in [5.74, 6) is 2.08. The first-order chi connectivity index (χ1) is 30.9. The SMILES string of the molecule is COC(=O)N[C@H](C(=O)N1CCC[C@H]1c1ncc(-c2ccc3c(c2)OC(C2CCCC2)c2c-3[nH]c3ccc(-c4cnc([C@@H]5CCCN5C(=O)[C@@H](NC(=O)OC)C(C)C)[nH]4)cc23)[nH]1)C(C)C. The second-order valence-electron chi connectivity index (χ2n) is 18.4. The Balaban J connectivity index is 0.990. The molecule has 6 heterocycles. The second kappa shape index (κ2) is 17.7. The maximum absolute atomic E-state index is 13.8. The Bertz CT molecular complexity index is 2550. The molecule has 2 aromatic carbocycles. The molecule has 0 bridgehead atoms. The standard InChI is InChI=1S/C48H59N9O7/c1-25(2)39(54-47(60)62-5)45(58)56-19-9-13-35(56)43-49-23-33(52-43)28-16-18-32-31(21-28)38-41(51-32)30-17-15-29(22-37(30)64-42(38)27-11-7-8-12-27)34-24-50-44(53-34)36-14-10-20-57(36)46(59)40(26(3)4)55-48(61)63-6/h15-18,21-27,35-36,39-40,42,51H,7-14,19-20H2,1-6H3,(H,49,52)(H,50,53)(H,54,60)(H,55,61)/t35-,36-,39-,40-,42?/m0/s1. The number of methoxy groups -OCH3 is 2. The highest BCUT2D eigenvalue weighted by Gasteiger charge is 2.40. The zero-order valence-corrected chi connectivity index (χ0v) is 37.5. The van der Waals surface area contributed by atoms with Crippen molar-refractivity contribution in [1.82, 2.24) is 45.4 Å². The van der Waals surface area contributed by atoms with Gasteiger partial charge in [0.1, 0.15) is 35.6 Å². The summed E-state index contributed by atoms with van der Waals surface area (Å²) in [5, 5.41) is 6.56. The van der Waals surface area contributed by atoms with E-state index in [1.165, 1.54) is 32.6 Å². The van der Waals surface area contributed by atoms with Gasteiger partial charge in [-0.05, 0) is 74.6 Å². The second-order valence-corrected chi connectivity index (χ2v) is 18.4.